The molecule has 1 aromatic heterocycles. The second-order valence-corrected chi connectivity index (χ2v) is 6.84. The molecule has 29 heavy (non-hydrogen) atoms. The van der Waals surface area contributed by atoms with E-state index < -0.39 is 0 Å². The minimum absolute atomic E-state index is 0.0516. The highest BCUT2D eigenvalue weighted by Crippen LogP contribution is 2.29. The summed E-state index contributed by atoms with van der Waals surface area (Å²) in [6.07, 6.45) is 1.63. The number of carbonyl (C=O) groups excluding carboxylic acids is 1. The molecule has 0 aliphatic rings. The summed E-state index contributed by atoms with van der Waals surface area (Å²) >= 11 is 0. The zero-order valence-electron chi connectivity index (χ0n) is 16.9. The van der Waals surface area contributed by atoms with E-state index in [0.29, 0.717) is 30.2 Å². The van der Waals surface area contributed by atoms with Gasteiger partial charge in [0.15, 0.2) is 11.5 Å². The summed E-state index contributed by atoms with van der Waals surface area (Å²) in [6.45, 7) is 0.852. The van der Waals surface area contributed by atoms with E-state index in [2.05, 4.69) is 5.32 Å². The zero-order valence-corrected chi connectivity index (χ0v) is 16.9. The van der Waals surface area contributed by atoms with E-state index in [1.54, 1.807) is 31.6 Å². The van der Waals surface area contributed by atoms with Gasteiger partial charge in [0, 0.05) is 12.1 Å². The summed E-state index contributed by atoms with van der Waals surface area (Å²) in [4.78, 5) is 14.6. The van der Waals surface area contributed by atoms with Crippen LogP contribution in [0.5, 0.6) is 11.5 Å². The molecule has 0 saturated heterocycles. The molecule has 0 aliphatic heterocycles. The molecule has 1 heterocycles. The second-order valence-electron chi connectivity index (χ2n) is 6.84. The maximum Gasteiger partial charge on any atom is 0.251 e. The van der Waals surface area contributed by atoms with Crippen LogP contribution in [-0.2, 0) is 6.61 Å². The van der Waals surface area contributed by atoms with Crippen LogP contribution < -0.4 is 14.8 Å². The van der Waals surface area contributed by atoms with Crippen molar-refractivity contribution >= 4 is 5.91 Å². The topological polar surface area (TPSA) is 63.9 Å². The lowest BCUT2D eigenvalue weighted by atomic mass is 10.1. The predicted octanol–water partition coefficient (Wildman–Crippen LogP) is 3.90. The molecule has 1 atom stereocenters. The Kier molecular flexibility index (Phi) is 6.92. The summed E-state index contributed by atoms with van der Waals surface area (Å²) in [6, 6.07) is 18.7. The third-order valence-electron chi connectivity index (χ3n) is 4.61. The van der Waals surface area contributed by atoms with Gasteiger partial charge in [-0.15, -0.1) is 0 Å². The molecule has 0 bridgehead atoms. The lowest BCUT2D eigenvalue weighted by Crippen LogP contribution is -2.34. The Balaban J connectivity index is 1.64. The summed E-state index contributed by atoms with van der Waals surface area (Å²) in [5.41, 5.74) is 1.56. The van der Waals surface area contributed by atoms with Gasteiger partial charge in [0.1, 0.15) is 12.4 Å². The van der Waals surface area contributed by atoms with Crippen LogP contribution in [0.4, 0.5) is 0 Å². The average Bonchev–Trinajstić information content (AvgIpc) is 3.27. The van der Waals surface area contributed by atoms with Gasteiger partial charge in [-0.3, -0.25) is 9.69 Å². The highest BCUT2D eigenvalue weighted by Gasteiger charge is 2.19. The number of methoxy groups -OCH3 is 1. The van der Waals surface area contributed by atoms with Crippen molar-refractivity contribution in [3.63, 3.8) is 0 Å². The summed E-state index contributed by atoms with van der Waals surface area (Å²) in [5, 5.41) is 2.96. The van der Waals surface area contributed by atoms with Crippen molar-refractivity contribution in [2.45, 2.75) is 12.6 Å². The number of ether oxygens (including phenoxy) is 2. The minimum Gasteiger partial charge on any atom is -0.493 e. The second kappa shape index (κ2) is 9.80. The van der Waals surface area contributed by atoms with Gasteiger partial charge in [0.25, 0.3) is 5.91 Å². The molecule has 1 N–H and O–H groups in total. The van der Waals surface area contributed by atoms with Gasteiger partial charge in [-0.2, -0.15) is 0 Å². The molecular formula is C23H26N2O4. The van der Waals surface area contributed by atoms with Gasteiger partial charge in [-0.1, -0.05) is 30.3 Å². The molecule has 1 amide bonds. The molecule has 0 radical (unpaired) electrons. The van der Waals surface area contributed by atoms with E-state index in [-0.39, 0.29) is 11.9 Å². The summed E-state index contributed by atoms with van der Waals surface area (Å²) in [5.74, 6) is 1.73. The van der Waals surface area contributed by atoms with Crippen LogP contribution in [0.1, 0.15) is 27.7 Å². The Morgan fingerprint density at radius 3 is 2.52 bits per heavy atom. The lowest BCUT2D eigenvalue weighted by molar-refractivity contribution is 0.0938. The van der Waals surface area contributed by atoms with E-state index in [4.69, 9.17) is 13.9 Å². The molecule has 0 unspecified atom stereocenters. The largest absolute Gasteiger partial charge is 0.493 e. The molecule has 3 rings (SSSR count). The number of nitrogens with one attached hydrogen (secondary N) is 1. The third-order valence-corrected chi connectivity index (χ3v) is 4.61. The number of likely N-dealkylation sites (N-methyl/N-ethyl adjacent to an activating group) is 1. The minimum atomic E-state index is -0.184. The van der Waals surface area contributed by atoms with Crippen molar-refractivity contribution in [2.24, 2.45) is 0 Å². The van der Waals surface area contributed by atoms with Gasteiger partial charge in [0.2, 0.25) is 0 Å². The molecule has 0 fully saturated rings. The van der Waals surface area contributed by atoms with Crippen molar-refractivity contribution in [3.05, 3.63) is 83.8 Å². The number of furan rings is 1. The monoisotopic (exact) mass is 394 g/mol. The number of hydrogen-bond acceptors (Lipinski definition) is 5. The molecule has 3 aromatic rings. The Hall–Kier alpha value is -3.25. The number of amides is 1. The maximum atomic E-state index is 12.6. The van der Waals surface area contributed by atoms with Gasteiger partial charge in [0.05, 0.1) is 19.4 Å². The van der Waals surface area contributed by atoms with Crippen molar-refractivity contribution in [2.75, 3.05) is 27.7 Å². The number of hydrogen-bond donors (Lipinski definition) is 1. The standard InChI is InChI=1S/C23H26N2O4/c1-25(2)19(20-10-7-13-28-20)15-24-23(26)18-11-12-21(22(14-18)27-3)29-16-17-8-5-4-6-9-17/h4-14,19H,15-16H2,1-3H3,(H,24,26)/t19-/m0/s1. The lowest BCUT2D eigenvalue weighted by Gasteiger charge is -2.22. The Morgan fingerprint density at radius 1 is 1.07 bits per heavy atom. The van der Waals surface area contributed by atoms with E-state index in [1.165, 1.54) is 0 Å². The fourth-order valence-electron chi connectivity index (χ4n) is 2.97. The van der Waals surface area contributed by atoms with E-state index in [1.807, 2.05) is 61.5 Å². The normalized spacial score (nSPS) is 11.9. The zero-order chi connectivity index (χ0) is 20.6. The smallest absolute Gasteiger partial charge is 0.251 e. The molecule has 0 aliphatic carbocycles. The van der Waals surface area contributed by atoms with Crippen LogP contribution in [0.25, 0.3) is 0 Å². The van der Waals surface area contributed by atoms with Gasteiger partial charge >= 0.3 is 0 Å². The van der Waals surface area contributed by atoms with Crippen molar-refractivity contribution < 1.29 is 18.7 Å². The third kappa shape index (κ3) is 5.39. The molecule has 6 heteroatoms. The number of carbonyl (C=O) groups is 1. The van der Waals surface area contributed by atoms with E-state index >= 15 is 0 Å². The number of rotatable bonds is 9. The van der Waals surface area contributed by atoms with Gasteiger partial charge in [-0.05, 0) is 50.0 Å². The Bertz CT molecular complexity index is 908. The first-order valence-corrected chi connectivity index (χ1v) is 9.41. The van der Waals surface area contributed by atoms with Crippen molar-refractivity contribution in [3.8, 4) is 11.5 Å². The van der Waals surface area contributed by atoms with Crippen LogP contribution in [0, 0.1) is 0 Å². The first-order valence-electron chi connectivity index (χ1n) is 9.41. The molecule has 6 nitrogen and oxygen atoms in total. The fourth-order valence-corrected chi connectivity index (χ4v) is 2.97. The maximum absolute atomic E-state index is 12.6. The quantitative estimate of drug-likeness (QED) is 0.596. The Labute approximate surface area is 171 Å². The molecule has 0 spiro atoms. The molecular weight excluding hydrogens is 368 g/mol. The molecule has 2 aromatic carbocycles. The van der Waals surface area contributed by atoms with Crippen molar-refractivity contribution in [1.82, 2.24) is 10.2 Å². The number of benzene rings is 2. The van der Waals surface area contributed by atoms with E-state index in [9.17, 15) is 4.79 Å². The van der Waals surface area contributed by atoms with Crippen LogP contribution in [-0.4, -0.2) is 38.6 Å². The summed E-state index contributed by atoms with van der Waals surface area (Å²) in [7, 11) is 5.45. The fraction of sp³-hybridized carbons (Fsp3) is 0.261. The van der Waals surface area contributed by atoms with Crippen LogP contribution in [0.15, 0.2) is 71.3 Å². The molecule has 0 saturated carbocycles. The SMILES string of the molecule is COc1cc(C(=O)NC[C@@H](c2ccco2)N(C)C)ccc1OCc1ccccc1. The Morgan fingerprint density at radius 2 is 1.86 bits per heavy atom. The number of nitrogens with zero attached hydrogens (tertiary/aromatic N) is 1. The van der Waals surface area contributed by atoms with Crippen molar-refractivity contribution in [1.29, 1.82) is 0 Å². The predicted molar refractivity (Wildman–Crippen MR) is 111 cm³/mol. The highest BCUT2D eigenvalue weighted by atomic mass is 16.5. The van der Waals surface area contributed by atoms with Gasteiger partial charge in [-0.25, -0.2) is 0 Å². The molecule has 152 valence electrons. The first kappa shape index (κ1) is 20.5. The van der Waals surface area contributed by atoms with Crippen LogP contribution in [0.3, 0.4) is 0 Å². The van der Waals surface area contributed by atoms with Crippen LogP contribution >= 0.6 is 0 Å². The highest BCUT2D eigenvalue weighted by molar-refractivity contribution is 5.94. The average molecular weight is 394 g/mol. The van der Waals surface area contributed by atoms with Crippen LogP contribution in [0.2, 0.25) is 0 Å². The van der Waals surface area contributed by atoms with Gasteiger partial charge < -0.3 is 19.2 Å². The van der Waals surface area contributed by atoms with E-state index in [0.717, 1.165) is 11.3 Å². The summed E-state index contributed by atoms with van der Waals surface area (Å²) < 4.78 is 16.8. The first-order chi connectivity index (χ1) is 14.1.